The molecule has 2 heterocycles. The van der Waals surface area contributed by atoms with Gasteiger partial charge in [0.05, 0.1) is 12.2 Å². The van der Waals surface area contributed by atoms with Crippen molar-refractivity contribution in [3.8, 4) is 0 Å². The molecule has 0 fully saturated rings. The van der Waals surface area contributed by atoms with Crippen LogP contribution in [0.1, 0.15) is 23.7 Å². The van der Waals surface area contributed by atoms with Crippen LogP contribution in [-0.4, -0.2) is 35.6 Å². The first kappa shape index (κ1) is 15.2. The number of anilines is 1. The smallest absolute Gasteiger partial charge is 0.151 e. The fourth-order valence-electron chi connectivity index (χ4n) is 1.63. The summed E-state index contributed by atoms with van der Waals surface area (Å²) >= 11 is 3.21. The van der Waals surface area contributed by atoms with E-state index in [1.807, 2.05) is 37.3 Å². The van der Waals surface area contributed by atoms with Gasteiger partial charge >= 0.3 is 0 Å². The molecule has 108 valence electrons. The molecule has 0 aliphatic rings. The average molecular weight is 310 g/mol. The van der Waals surface area contributed by atoms with Crippen LogP contribution in [0.5, 0.6) is 0 Å². The Bertz CT molecular complexity index is 544. The van der Waals surface area contributed by atoms with Gasteiger partial charge < -0.3 is 9.64 Å². The number of nitrogens with zero attached hydrogens (tertiary/aromatic N) is 4. The first-order valence-corrected chi connectivity index (χ1v) is 8.30. The van der Waals surface area contributed by atoms with Crippen molar-refractivity contribution >= 4 is 28.9 Å². The van der Waals surface area contributed by atoms with E-state index in [0.717, 1.165) is 21.5 Å². The van der Waals surface area contributed by atoms with Crippen LogP contribution in [0.15, 0.2) is 22.5 Å². The Morgan fingerprint density at radius 2 is 2.20 bits per heavy atom. The molecule has 2 rings (SSSR count). The zero-order valence-corrected chi connectivity index (χ0v) is 13.7. The first-order valence-electron chi connectivity index (χ1n) is 6.20. The van der Waals surface area contributed by atoms with Gasteiger partial charge in [0.15, 0.2) is 5.82 Å². The molecule has 0 aromatic carbocycles. The summed E-state index contributed by atoms with van der Waals surface area (Å²) in [5.41, 5.74) is 1.02. The van der Waals surface area contributed by atoms with Gasteiger partial charge in [-0.3, -0.25) is 0 Å². The van der Waals surface area contributed by atoms with Gasteiger partial charge in [0.1, 0.15) is 16.1 Å². The second-order valence-electron chi connectivity index (χ2n) is 4.34. The number of aromatic nitrogens is 3. The minimum atomic E-state index is 0.0414. The van der Waals surface area contributed by atoms with Gasteiger partial charge in [0.25, 0.3) is 0 Å². The number of hydrogen-bond donors (Lipinski definition) is 0. The van der Waals surface area contributed by atoms with Gasteiger partial charge in [-0.05, 0) is 25.3 Å². The van der Waals surface area contributed by atoms with E-state index < -0.39 is 0 Å². The maximum atomic E-state index is 5.27. The highest BCUT2D eigenvalue weighted by atomic mass is 32.2. The summed E-state index contributed by atoms with van der Waals surface area (Å²) in [7, 11) is 3.68. The fourth-order valence-corrected chi connectivity index (χ4v) is 2.80. The van der Waals surface area contributed by atoms with Gasteiger partial charge in [-0.2, -0.15) is 0 Å². The molecule has 1 atom stereocenters. The largest absolute Gasteiger partial charge is 0.375 e. The Morgan fingerprint density at radius 1 is 1.40 bits per heavy atom. The molecule has 0 saturated heterocycles. The molecule has 0 N–H and O–H groups in total. The molecule has 20 heavy (non-hydrogen) atoms. The molecular weight excluding hydrogens is 292 g/mol. The van der Waals surface area contributed by atoms with E-state index in [-0.39, 0.29) is 6.10 Å². The molecule has 0 aliphatic carbocycles. The lowest BCUT2D eigenvalue weighted by molar-refractivity contribution is 0.119. The zero-order valence-electron chi connectivity index (χ0n) is 12.0. The van der Waals surface area contributed by atoms with E-state index in [2.05, 4.69) is 20.6 Å². The van der Waals surface area contributed by atoms with Gasteiger partial charge in [-0.1, -0.05) is 0 Å². The third-order valence-electron chi connectivity index (χ3n) is 2.90. The van der Waals surface area contributed by atoms with Crippen molar-refractivity contribution in [1.82, 2.24) is 15.2 Å². The lowest BCUT2D eigenvalue weighted by atomic mass is 10.4. The van der Waals surface area contributed by atoms with Gasteiger partial charge in [0, 0.05) is 19.5 Å². The molecule has 2 aromatic rings. The van der Waals surface area contributed by atoms with E-state index in [1.54, 1.807) is 30.2 Å². The summed E-state index contributed by atoms with van der Waals surface area (Å²) in [6, 6.07) is 3.95. The Morgan fingerprint density at radius 3 is 2.80 bits per heavy atom. The van der Waals surface area contributed by atoms with E-state index in [9.17, 15) is 0 Å². The van der Waals surface area contributed by atoms with Gasteiger partial charge in [0.2, 0.25) is 0 Å². The standard InChI is InChI=1S/C13H18N4OS2/c1-9(18-3)13-14-10(8-20-13)7-17(2)11-5-6-12(19-4)16-15-11/h5-6,8-9H,7H2,1-4H3/t9-/m0/s1. The van der Waals surface area contributed by atoms with E-state index in [4.69, 9.17) is 4.74 Å². The van der Waals surface area contributed by atoms with Crippen molar-refractivity contribution in [2.24, 2.45) is 0 Å². The van der Waals surface area contributed by atoms with Crippen molar-refractivity contribution in [3.63, 3.8) is 0 Å². The minimum absolute atomic E-state index is 0.0414. The molecule has 5 nitrogen and oxygen atoms in total. The normalized spacial score (nSPS) is 12.4. The second-order valence-corrected chi connectivity index (χ2v) is 6.06. The summed E-state index contributed by atoms with van der Waals surface area (Å²) in [6.45, 7) is 2.71. The minimum Gasteiger partial charge on any atom is -0.375 e. The van der Waals surface area contributed by atoms with Crippen molar-refractivity contribution in [1.29, 1.82) is 0 Å². The number of rotatable bonds is 6. The van der Waals surface area contributed by atoms with Crippen LogP contribution in [0.2, 0.25) is 0 Å². The SMILES string of the molecule is CO[C@@H](C)c1nc(CN(C)c2ccc(SC)nn2)cs1. The zero-order chi connectivity index (χ0) is 14.5. The van der Waals surface area contributed by atoms with Crippen LogP contribution >= 0.6 is 23.1 Å². The number of thioether (sulfide) groups is 1. The van der Waals surface area contributed by atoms with Gasteiger partial charge in [-0.15, -0.1) is 33.3 Å². The van der Waals surface area contributed by atoms with Crippen molar-refractivity contribution in [2.45, 2.75) is 24.6 Å². The fraction of sp³-hybridized carbons (Fsp3) is 0.462. The van der Waals surface area contributed by atoms with Crippen molar-refractivity contribution < 1.29 is 4.74 Å². The Kier molecular flexibility index (Phi) is 5.33. The van der Waals surface area contributed by atoms with Crippen LogP contribution in [0, 0.1) is 0 Å². The topological polar surface area (TPSA) is 51.1 Å². The third kappa shape index (κ3) is 3.68. The molecule has 7 heteroatoms. The second kappa shape index (κ2) is 7.01. The molecule has 0 amide bonds. The molecule has 0 saturated carbocycles. The monoisotopic (exact) mass is 310 g/mol. The molecule has 0 bridgehead atoms. The van der Waals surface area contributed by atoms with E-state index >= 15 is 0 Å². The summed E-state index contributed by atoms with van der Waals surface area (Å²) in [5, 5.41) is 12.3. The highest BCUT2D eigenvalue weighted by molar-refractivity contribution is 7.98. The Hall–Kier alpha value is -1.18. The molecule has 0 aliphatic heterocycles. The van der Waals surface area contributed by atoms with Gasteiger partial charge in [-0.25, -0.2) is 4.98 Å². The van der Waals surface area contributed by atoms with E-state index in [1.165, 1.54) is 0 Å². The highest BCUT2D eigenvalue weighted by Gasteiger charge is 2.11. The first-order chi connectivity index (χ1) is 9.63. The number of ether oxygens (including phenoxy) is 1. The number of thiazole rings is 1. The van der Waals surface area contributed by atoms with Crippen LogP contribution in [0.3, 0.4) is 0 Å². The van der Waals surface area contributed by atoms with Crippen LogP contribution in [0.4, 0.5) is 5.82 Å². The lowest BCUT2D eigenvalue weighted by Crippen LogP contribution is -2.18. The number of methoxy groups -OCH3 is 1. The predicted octanol–water partition coefficient (Wildman–Crippen LogP) is 3.00. The third-order valence-corrected chi connectivity index (χ3v) is 4.59. The Labute approximate surface area is 127 Å². The summed E-state index contributed by atoms with van der Waals surface area (Å²) < 4.78 is 5.27. The highest BCUT2D eigenvalue weighted by Crippen LogP contribution is 2.22. The molecule has 2 aromatic heterocycles. The van der Waals surface area contributed by atoms with E-state index in [0.29, 0.717) is 6.54 Å². The summed E-state index contributed by atoms with van der Waals surface area (Å²) in [4.78, 5) is 6.61. The maximum Gasteiger partial charge on any atom is 0.151 e. The summed E-state index contributed by atoms with van der Waals surface area (Å²) in [6.07, 6.45) is 2.03. The summed E-state index contributed by atoms with van der Waals surface area (Å²) in [5.74, 6) is 0.845. The predicted molar refractivity (Wildman–Crippen MR) is 83.5 cm³/mol. The molecule has 0 unspecified atom stereocenters. The van der Waals surface area contributed by atoms with Crippen LogP contribution < -0.4 is 4.90 Å². The lowest BCUT2D eigenvalue weighted by Gasteiger charge is -2.16. The molecule has 0 radical (unpaired) electrons. The van der Waals surface area contributed by atoms with Crippen molar-refractivity contribution in [3.05, 3.63) is 28.2 Å². The maximum absolute atomic E-state index is 5.27. The van der Waals surface area contributed by atoms with Crippen molar-refractivity contribution in [2.75, 3.05) is 25.3 Å². The molecular formula is C13H18N4OS2. The average Bonchev–Trinajstić information content (AvgIpc) is 2.95. The van der Waals surface area contributed by atoms with Crippen LogP contribution in [0.25, 0.3) is 0 Å². The Balaban J connectivity index is 2.03. The number of hydrogen-bond acceptors (Lipinski definition) is 7. The van der Waals surface area contributed by atoms with Crippen LogP contribution in [-0.2, 0) is 11.3 Å². The molecule has 0 spiro atoms. The quantitative estimate of drug-likeness (QED) is 0.765.